The maximum absolute atomic E-state index is 2.33. The predicted octanol–water partition coefficient (Wildman–Crippen LogP) is 1.56. The van der Waals surface area contributed by atoms with E-state index in [0.29, 0.717) is 11.8 Å². The van der Waals surface area contributed by atoms with Gasteiger partial charge in [-0.15, -0.1) is 0 Å². The minimum atomic E-state index is 0.685. The van der Waals surface area contributed by atoms with Crippen molar-refractivity contribution in [2.24, 2.45) is 11.8 Å². The van der Waals surface area contributed by atoms with Gasteiger partial charge in [0.25, 0.3) is 0 Å². The molecule has 0 heteroatoms. The van der Waals surface area contributed by atoms with E-state index in [2.05, 4.69) is 30.7 Å². The van der Waals surface area contributed by atoms with Gasteiger partial charge in [0, 0.05) is 0 Å². The summed E-state index contributed by atoms with van der Waals surface area (Å²) >= 11 is 0. The second kappa shape index (κ2) is 0.945. The summed E-state index contributed by atoms with van der Waals surface area (Å²) in [7, 11) is 0. The van der Waals surface area contributed by atoms with Crippen LogP contribution in [0.5, 0.6) is 0 Å². The van der Waals surface area contributed by atoms with Crippen LogP contribution in [0.2, 0.25) is 0 Å². The quantitative estimate of drug-likeness (QED) is 0.313. The van der Waals surface area contributed by atoms with Crippen molar-refractivity contribution in [3.05, 3.63) is 30.7 Å². The first kappa shape index (κ1) is 3.36. The highest BCUT2D eigenvalue weighted by atomic mass is 14.2. The van der Waals surface area contributed by atoms with Gasteiger partial charge in [0.1, 0.15) is 11.8 Å². The van der Waals surface area contributed by atoms with Crippen molar-refractivity contribution in [1.29, 1.82) is 0 Å². The van der Waals surface area contributed by atoms with E-state index in [4.69, 9.17) is 0 Å². The molecule has 0 aliphatic heterocycles. The predicted molar refractivity (Wildman–Crippen MR) is 29.6 cm³/mol. The molecule has 0 aromatic carbocycles. The Kier molecular flexibility index (Phi) is 0.454. The van der Waals surface area contributed by atoms with Crippen molar-refractivity contribution in [2.45, 2.75) is 0 Å². The third kappa shape index (κ3) is 0.337. The van der Waals surface area contributed by atoms with Gasteiger partial charge in [-0.3, -0.25) is 0 Å². The molecule has 0 atom stereocenters. The van der Waals surface area contributed by atoms with Crippen LogP contribution in [0.15, 0.2) is 24.3 Å². The maximum atomic E-state index is 2.33. The number of allylic oxidation sites excluding steroid dienone is 4. The third-order valence-electron chi connectivity index (χ3n) is 1.56. The van der Waals surface area contributed by atoms with E-state index in [1.165, 1.54) is 0 Å². The van der Waals surface area contributed by atoms with Crippen molar-refractivity contribution >= 4 is 0 Å². The Morgan fingerprint density at radius 3 is 1.43 bits per heavy atom. The molecular formula is C7H7+. The summed E-state index contributed by atoms with van der Waals surface area (Å²) in [4.78, 5) is 0. The van der Waals surface area contributed by atoms with E-state index >= 15 is 0 Å². The Hall–Kier alpha value is -0.650. The van der Waals surface area contributed by atoms with Gasteiger partial charge < -0.3 is 0 Å². The Morgan fingerprint density at radius 2 is 1.29 bits per heavy atom. The molecule has 0 fully saturated rings. The molecule has 0 heterocycles. The molecule has 0 saturated carbocycles. The zero-order valence-corrected chi connectivity index (χ0v) is 4.04. The van der Waals surface area contributed by atoms with Gasteiger partial charge in [0.15, 0.2) is 0 Å². The van der Waals surface area contributed by atoms with Crippen LogP contribution in [0.4, 0.5) is 0 Å². The van der Waals surface area contributed by atoms with Crippen LogP contribution in [0.3, 0.4) is 0 Å². The van der Waals surface area contributed by atoms with Crippen molar-refractivity contribution in [3.63, 3.8) is 0 Å². The smallest absolute Gasteiger partial charge is 0.0325 e. The van der Waals surface area contributed by atoms with Gasteiger partial charge in [-0.05, 0) is 24.3 Å². The summed E-state index contributed by atoms with van der Waals surface area (Å²) in [6.45, 7) is 0. The average Bonchev–Trinajstić information content (AvgIpc) is 2.22. The molecule has 0 aromatic heterocycles. The van der Waals surface area contributed by atoms with E-state index in [-0.39, 0.29) is 0 Å². The normalized spacial score (nSPS) is 42.3. The summed E-state index contributed by atoms with van der Waals surface area (Å²) in [6, 6.07) is 0. The fourth-order valence-electron chi connectivity index (χ4n) is 1.15. The van der Waals surface area contributed by atoms with Gasteiger partial charge in [-0.25, -0.2) is 0 Å². The van der Waals surface area contributed by atoms with Crippen LogP contribution in [0.25, 0.3) is 0 Å². The van der Waals surface area contributed by atoms with Crippen molar-refractivity contribution in [2.75, 3.05) is 0 Å². The molecule has 2 aliphatic rings. The van der Waals surface area contributed by atoms with Crippen molar-refractivity contribution in [1.82, 2.24) is 0 Å². The lowest BCUT2D eigenvalue weighted by molar-refractivity contribution is 0.950. The topological polar surface area (TPSA) is 0 Å². The minimum absolute atomic E-state index is 0.685. The van der Waals surface area contributed by atoms with Gasteiger partial charge in [-0.1, -0.05) is 0 Å². The summed E-state index contributed by atoms with van der Waals surface area (Å²) in [5.74, 6) is 1.37. The molecule has 0 nitrogen and oxygen atoms in total. The molecule has 0 spiro atoms. The van der Waals surface area contributed by atoms with Gasteiger partial charge in [-0.2, -0.15) is 0 Å². The summed E-state index contributed by atoms with van der Waals surface area (Å²) in [5.41, 5.74) is 0. The second-order valence-corrected chi connectivity index (χ2v) is 2.12. The molecule has 2 aliphatic carbocycles. The fraction of sp³-hybridized carbons (Fsp3) is 0.286. The molecule has 0 radical (unpaired) electrons. The molecular weight excluding hydrogens is 84.1 g/mol. The first-order chi connectivity index (χ1) is 3.45. The first-order valence-electron chi connectivity index (χ1n) is 2.67. The Bertz CT molecular complexity index is 103. The molecule has 0 aromatic rings. The van der Waals surface area contributed by atoms with E-state index in [1.54, 1.807) is 0 Å². The van der Waals surface area contributed by atoms with Gasteiger partial charge in [0.2, 0.25) is 0 Å². The largest absolute Gasteiger partial charge is 0.135 e. The fourth-order valence-corrected chi connectivity index (χ4v) is 1.15. The standard InChI is InChI=1S/C7H7/c1-2-7-4-3-6(1)5-7/h1-7H/q+1. The molecule has 0 saturated heterocycles. The SMILES string of the molecule is C1=CC2C=CC1[CH+]2. The van der Waals surface area contributed by atoms with Gasteiger partial charge in [0.05, 0.1) is 6.42 Å². The van der Waals surface area contributed by atoms with Crippen LogP contribution < -0.4 is 0 Å². The minimum Gasteiger partial charge on any atom is -0.0325 e. The Balaban J connectivity index is 2.38. The zero-order chi connectivity index (χ0) is 4.69. The summed E-state index contributed by atoms with van der Waals surface area (Å²) < 4.78 is 0. The third-order valence-corrected chi connectivity index (χ3v) is 1.56. The highest BCUT2D eigenvalue weighted by Gasteiger charge is 2.29. The molecule has 0 amide bonds. The highest BCUT2D eigenvalue weighted by molar-refractivity contribution is 5.29. The Morgan fingerprint density at radius 1 is 0.857 bits per heavy atom. The van der Waals surface area contributed by atoms with Crippen LogP contribution >= 0.6 is 0 Å². The number of fused-ring (bicyclic) bond motifs is 2. The molecule has 7 heavy (non-hydrogen) atoms. The number of rotatable bonds is 0. The highest BCUT2D eigenvalue weighted by Crippen LogP contribution is 2.30. The van der Waals surface area contributed by atoms with Gasteiger partial charge >= 0.3 is 0 Å². The van der Waals surface area contributed by atoms with Crippen molar-refractivity contribution < 1.29 is 0 Å². The average molecular weight is 91.1 g/mol. The summed E-state index contributed by atoms with van der Waals surface area (Å²) in [5, 5.41) is 0. The first-order valence-corrected chi connectivity index (χ1v) is 2.67. The zero-order valence-electron chi connectivity index (χ0n) is 4.04. The van der Waals surface area contributed by atoms with E-state index in [0.717, 1.165) is 0 Å². The molecule has 2 bridgehead atoms. The van der Waals surface area contributed by atoms with Crippen LogP contribution in [0, 0.1) is 18.3 Å². The van der Waals surface area contributed by atoms with Crippen molar-refractivity contribution in [3.8, 4) is 0 Å². The maximum Gasteiger partial charge on any atom is 0.135 e. The monoisotopic (exact) mass is 91.1 g/mol. The van der Waals surface area contributed by atoms with Crippen LogP contribution in [-0.2, 0) is 0 Å². The lowest BCUT2D eigenvalue weighted by atomic mass is 10.2. The second-order valence-electron chi connectivity index (χ2n) is 2.12. The lowest BCUT2D eigenvalue weighted by Crippen LogP contribution is -1.81. The lowest BCUT2D eigenvalue weighted by Gasteiger charge is -1.78. The molecule has 0 unspecified atom stereocenters. The van der Waals surface area contributed by atoms with E-state index in [1.807, 2.05) is 0 Å². The number of hydrogen-bond acceptors (Lipinski definition) is 0. The van der Waals surface area contributed by atoms with E-state index < -0.39 is 0 Å². The van der Waals surface area contributed by atoms with E-state index in [9.17, 15) is 0 Å². The van der Waals surface area contributed by atoms with Crippen LogP contribution in [-0.4, -0.2) is 0 Å². The number of hydrogen-bond donors (Lipinski definition) is 0. The van der Waals surface area contributed by atoms with Crippen LogP contribution in [0.1, 0.15) is 0 Å². The molecule has 0 N–H and O–H groups in total. The summed E-state index contributed by atoms with van der Waals surface area (Å²) in [6.07, 6.45) is 11.3. The molecule has 34 valence electrons. The Labute approximate surface area is 43.5 Å². The molecule has 2 rings (SSSR count).